The van der Waals surface area contributed by atoms with E-state index in [1.807, 2.05) is 53.1 Å². The van der Waals surface area contributed by atoms with E-state index in [0.29, 0.717) is 18.0 Å². The van der Waals surface area contributed by atoms with Gasteiger partial charge in [-0.25, -0.2) is 4.98 Å². The number of carbonyl (C=O) groups excluding carboxylic acids is 1. The van der Waals surface area contributed by atoms with Crippen molar-refractivity contribution in [2.24, 2.45) is 5.92 Å². The highest BCUT2D eigenvalue weighted by molar-refractivity contribution is 5.94. The van der Waals surface area contributed by atoms with Crippen LogP contribution in [0.4, 0.5) is 0 Å². The molecule has 2 aromatic carbocycles. The highest BCUT2D eigenvalue weighted by Gasteiger charge is 2.20. The summed E-state index contributed by atoms with van der Waals surface area (Å²) in [5.41, 5.74) is 3.62. The molecule has 26 heavy (non-hydrogen) atoms. The number of nitrogens with one attached hydrogen (secondary N) is 1. The third-order valence-corrected chi connectivity index (χ3v) is 5.17. The summed E-state index contributed by atoms with van der Waals surface area (Å²) in [6, 6.07) is 15.5. The molecule has 1 saturated carbocycles. The fourth-order valence-electron chi connectivity index (χ4n) is 3.73. The Morgan fingerprint density at radius 2 is 1.96 bits per heavy atom. The van der Waals surface area contributed by atoms with E-state index >= 15 is 0 Å². The van der Waals surface area contributed by atoms with E-state index in [0.717, 1.165) is 42.4 Å². The Morgan fingerprint density at radius 3 is 2.77 bits per heavy atom. The van der Waals surface area contributed by atoms with E-state index in [-0.39, 0.29) is 12.0 Å². The standard InChI is InChI=1S/C21H23N3O2/c25-18-5-3-4-15(12-18)13-22-21(26)16-8-10-17(11-9-16)24-14-23-19-6-1-2-7-20(19)24/h1-2,6-11,14-15,18,25H,3-5,12-13H2,(H,22,26). The summed E-state index contributed by atoms with van der Waals surface area (Å²) in [6.45, 7) is 0.629. The van der Waals surface area contributed by atoms with Gasteiger partial charge in [-0.15, -0.1) is 0 Å². The largest absolute Gasteiger partial charge is 0.393 e. The van der Waals surface area contributed by atoms with Crippen LogP contribution in [0.5, 0.6) is 0 Å². The third kappa shape index (κ3) is 3.48. The second-order valence-electron chi connectivity index (χ2n) is 7.05. The second-order valence-corrected chi connectivity index (χ2v) is 7.05. The summed E-state index contributed by atoms with van der Waals surface area (Å²) < 4.78 is 2.01. The maximum atomic E-state index is 12.4. The van der Waals surface area contributed by atoms with E-state index in [1.54, 1.807) is 6.33 Å². The molecule has 1 amide bonds. The van der Waals surface area contributed by atoms with Gasteiger partial charge in [0.1, 0.15) is 6.33 Å². The molecule has 0 aliphatic heterocycles. The molecule has 4 rings (SSSR count). The normalized spacial score (nSPS) is 20.2. The first-order valence-corrected chi connectivity index (χ1v) is 9.19. The van der Waals surface area contributed by atoms with Gasteiger partial charge in [0.15, 0.2) is 0 Å². The van der Waals surface area contributed by atoms with E-state index in [4.69, 9.17) is 0 Å². The molecule has 0 bridgehead atoms. The average molecular weight is 349 g/mol. The highest BCUT2D eigenvalue weighted by Crippen LogP contribution is 2.23. The van der Waals surface area contributed by atoms with Crippen LogP contribution in [0.3, 0.4) is 0 Å². The summed E-state index contributed by atoms with van der Waals surface area (Å²) in [6.07, 6.45) is 5.37. The Hall–Kier alpha value is -2.66. The number of benzene rings is 2. The molecular formula is C21H23N3O2. The first-order chi connectivity index (χ1) is 12.7. The molecule has 2 atom stereocenters. The van der Waals surface area contributed by atoms with Crippen LogP contribution in [-0.4, -0.2) is 33.2 Å². The number of aromatic nitrogens is 2. The van der Waals surface area contributed by atoms with Gasteiger partial charge in [-0.1, -0.05) is 18.6 Å². The van der Waals surface area contributed by atoms with Crippen LogP contribution >= 0.6 is 0 Å². The van der Waals surface area contributed by atoms with Crippen LogP contribution < -0.4 is 5.32 Å². The van der Waals surface area contributed by atoms with Gasteiger partial charge >= 0.3 is 0 Å². The Balaban J connectivity index is 1.43. The molecule has 1 fully saturated rings. The number of nitrogens with zero attached hydrogens (tertiary/aromatic N) is 2. The zero-order valence-corrected chi connectivity index (χ0v) is 14.6. The minimum absolute atomic E-state index is 0.0629. The molecule has 134 valence electrons. The maximum absolute atomic E-state index is 12.4. The van der Waals surface area contributed by atoms with Crippen molar-refractivity contribution in [3.05, 3.63) is 60.4 Å². The fourth-order valence-corrected chi connectivity index (χ4v) is 3.73. The number of aliphatic hydroxyl groups excluding tert-OH is 1. The lowest BCUT2D eigenvalue weighted by atomic mass is 9.87. The summed E-state index contributed by atoms with van der Waals surface area (Å²) in [5.74, 6) is 0.311. The number of carbonyl (C=O) groups is 1. The molecule has 2 N–H and O–H groups in total. The number of aliphatic hydroxyl groups is 1. The van der Waals surface area contributed by atoms with Gasteiger partial charge in [-0.05, 0) is 61.6 Å². The number of hydrogen-bond donors (Lipinski definition) is 2. The van der Waals surface area contributed by atoms with Crippen LogP contribution in [0, 0.1) is 5.92 Å². The lowest BCUT2D eigenvalue weighted by Gasteiger charge is -2.25. The van der Waals surface area contributed by atoms with Gasteiger partial charge in [0.05, 0.1) is 17.1 Å². The van der Waals surface area contributed by atoms with Crippen molar-refractivity contribution in [3.63, 3.8) is 0 Å². The van der Waals surface area contributed by atoms with Gasteiger partial charge in [0.25, 0.3) is 5.91 Å². The molecule has 1 aliphatic carbocycles. The van der Waals surface area contributed by atoms with Crippen LogP contribution in [0.1, 0.15) is 36.0 Å². The summed E-state index contributed by atoms with van der Waals surface area (Å²) in [4.78, 5) is 16.8. The predicted octanol–water partition coefficient (Wildman–Crippen LogP) is 3.31. The zero-order chi connectivity index (χ0) is 17.9. The number of para-hydroxylation sites is 2. The SMILES string of the molecule is O=C(NCC1CCCC(O)C1)c1ccc(-n2cnc3ccccc32)cc1. The molecule has 1 aliphatic rings. The van der Waals surface area contributed by atoms with Gasteiger partial charge in [-0.2, -0.15) is 0 Å². The van der Waals surface area contributed by atoms with Crippen LogP contribution in [-0.2, 0) is 0 Å². The van der Waals surface area contributed by atoms with Gasteiger partial charge in [0, 0.05) is 17.8 Å². The van der Waals surface area contributed by atoms with Crippen molar-refractivity contribution in [2.45, 2.75) is 31.8 Å². The monoisotopic (exact) mass is 349 g/mol. The lowest BCUT2D eigenvalue weighted by molar-refractivity contribution is 0.0874. The molecule has 5 heteroatoms. The van der Waals surface area contributed by atoms with Crippen molar-refractivity contribution < 1.29 is 9.90 Å². The Labute approximate surface area is 152 Å². The molecule has 3 aromatic rings. The van der Waals surface area contributed by atoms with E-state index in [2.05, 4.69) is 10.3 Å². The number of amides is 1. The van der Waals surface area contributed by atoms with Crippen molar-refractivity contribution in [1.82, 2.24) is 14.9 Å². The van der Waals surface area contributed by atoms with Crippen LogP contribution in [0.2, 0.25) is 0 Å². The molecule has 0 spiro atoms. The third-order valence-electron chi connectivity index (χ3n) is 5.17. The minimum atomic E-state index is -0.213. The number of hydrogen-bond acceptors (Lipinski definition) is 3. The smallest absolute Gasteiger partial charge is 0.251 e. The molecule has 0 radical (unpaired) electrons. The van der Waals surface area contributed by atoms with E-state index < -0.39 is 0 Å². The van der Waals surface area contributed by atoms with Gasteiger partial charge in [0.2, 0.25) is 0 Å². The summed E-state index contributed by atoms with van der Waals surface area (Å²) in [5, 5.41) is 12.7. The molecule has 2 unspecified atom stereocenters. The minimum Gasteiger partial charge on any atom is -0.393 e. The van der Waals surface area contributed by atoms with Crippen molar-refractivity contribution in [2.75, 3.05) is 6.54 Å². The number of imidazole rings is 1. The molecular weight excluding hydrogens is 326 g/mol. The zero-order valence-electron chi connectivity index (χ0n) is 14.6. The molecule has 1 aromatic heterocycles. The molecule has 5 nitrogen and oxygen atoms in total. The van der Waals surface area contributed by atoms with E-state index in [9.17, 15) is 9.90 Å². The lowest BCUT2D eigenvalue weighted by Crippen LogP contribution is -2.32. The Bertz CT molecular complexity index is 901. The highest BCUT2D eigenvalue weighted by atomic mass is 16.3. The first-order valence-electron chi connectivity index (χ1n) is 9.19. The van der Waals surface area contributed by atoms with Crippen molar-refractivity contribution >= 4 is 16.9 Å². The second kappa shape index (κ2) is 7.30. The fraction of sp³-hybridized carbons (Fsp3) is 0.333. The van der Waals surface area contributed by atoms with Gasteiger partial charge in [-0.3, -0.25) is 9.36 Å². The first kappa shape index (κ1) is 16.8. The number of fused-ring (bicyclic) bond motifs is 1. The van der Waals surface area contributed by atoms with Crippen LogP contribution in [0.25, 0.3) is 16.7 Å². The summed E-state index contributed by atoms with van der Waals surface area (Å²) >= 11 is 0. The van der Waals surface area contributed by atoms with Gasteiger partial charge < -0.3 is 10.4 Å². The molecule has 0 saturated heterocycles. The van der Waals surface area contributed by atoms with Crippen molar-refractivity contribution in [1.29, 1.82) is 0 Å². The summed E-state index contributed by atoms with van der Waals surface area (Å²) in [7, 11) is 0. The molecule has 1 heterocycles. The Morgan fingerprint density at radius 1 is 1.15 bits per heavy atom. The van der Waals surface area contributed by atoms with Crippen LogP contribution in [0.15, 0.2) is 54.9 Å². The maximum Gasteiger partial charge on any atom is 0.251 e. The topological polar surface area (TPSA) is 67.2 Å². The van der Waals surface area contributed by atoms with Crippen molar-refractivity contribution in [3.8, 4) is 5.69 Å². The Kier molecular flexibility index (Phi) is 4.71. The number of rotatable bonds is 4. The van der Waals surface area contributed by atoms with E-state index in [1.165, 1.54) is 0 Å². The predicted molar refractivity (Wildman–Crippen MR) is 101 cm³/mol. The quantitative estimate of drug-likeness (QED) is 0.759. The average Bonchev–Trinajstić information content (AvgIpc) is 3.10.